The van der Waals surface area contributed by atoms with Crippen LogP contribution in [0.1, 0.15) is 28.4 Å². The smallest absolute Gasteiger partial charge is 0.338 e. The van der Waals surface area contributed by atoms with Crippen molar-refractivity contribution in [3.63, 3.8) is 0 Å². The highest BCUT2D eigenvalue weighted by atomic mass is 32.2. The third kappa shape index (κ3) is 5.54. The van der Waals surface area contributed by atoms with Crippen molar-refractivity contribution in [3.8, 4) is 0 Å². The maximum absolute atomic E-state index is 13.7. The van der Waals surface area contributed by atoms with Gasteiger partial charge >= 0.3 is 5.97 Å². The van der Waals surface area contributed by atoms with Crippen molar-refractivity contribution in [1.82, 2.24) is 4.90 Å². The second-order valence-electron chi connectivity index (χ2n) is 9.02. The highest BCUT2D eigenvalue weighted by Gasteiger charge is 2.42. The molecule has 202 valence electrons. The van der Waals surface area contributed by atoms with Crippen LogP contribution >= 0.6 is 24.0 Å². The Bertz CT molecular complexity index is 1540. The number of thiocarbonyl (C=S) groups is 1. The van der Waals surface area contributed by atoms with E-state index >= 15 is 0 Å². The molecule has 1 N–H and O–H groups in total. The number of benzene rings is 3. The number of amides is 3. The molecule has 2 aliphatic rings. The zero-order valence-corrected chi connectivity index (χ0v) is 23.2. The summed E-state index contributed by atoms with van der Waals surface area (Å²) >= 11 is 6.62. The molecule has 0 aromatic heterocycles. The molecule has 0 unspecified atom stereocenters. The highest BCUT2D eigenvalue weighted by molar-refractivity contribution is 8.26. The average molecular weight is 572 g/mol. The summed E-state index contributed by atoms with van der Waals surface area (Å²) in [6.07, 6.45) is 0.632. The Morgan fingerprint density at radius 1 is 0.900 bits per heavy atom. The summed E-state index contributed by atoms with van der Waals surface area (Å²) in [6, 6.07) is 23.2. The SMILES string of the molecule is CCOC(=O)c1ccc(NC(=O)CN2C(=O)C(=C3SC(=S)N(CCc4ccccc4)C3=O)c3ccccc32)cc1. The van der Waals surface area contributed by atoms with Gasteiger partial charge in [-0.05, 0) is 49.2 Å². The Morgan fingerprint density at radius 2 is 1.60 bits per heavy atom. The topological polar surface area (TPSA) is 96.0 Å². The van der Waals surface area contributed by atoms with Crippen molar-refractivity contribution in [1.29, 1.82) is 0 Å². The summed E-state index contributed by atoms with van der Waals surface area (Å²) in [7, 11) is 0. The third-order valence-electron chi connectivity index (χ3n) is 6.45. The average Bonchev–Trinajstić information content (AvgIpc) is 3.39. The molecule has 0 saturated carbocycles. The van der Waals surface area contributed by atoms with Crippen molar-refractivity contribution >= 4 is 68.9 Å². The fraction of sp³-hybridized carbons (Fsp3) is 0.167. The molecule has 0 atom stereocenters. The standard InChI is InChI=1S/C30H25N3O5S2/c1-2-38-29(37)20-12-14-21(15-13-20)31-24(34)18-33-23-11-7-6-10-22(23)25(27(33)35)26-28(36)32(30(39)40-26)17-16-19-8-4-3-5-9-19/h3-15H,2,16-18H2,1H3,(H,31,34). The summed E-state index contributed by atoms with van der Waals surface area (Å²) in [4.78, 5) is 55.1. The molecule has 10 heteroatoms. The van der Waals surface area contributed by atoms with E-state index in [0.29, 0.717) is 39.8 Å². The van der Waals surface area contributed by atoms with Crippen LogP contribution in [0.3, 0.4) is 0 Å². The number of nitrogens with zero attached hydrogens (tertiary/aromatic N) is 2. The highest BCUT2D eigenvalue weighted by Crippen LogP contribution is 2.44. The van der Waals surface area contributed by atoms with Crippen molar-refractivity contribution in [2.24, 2.45) is 0 Å². The molecule has 40 heavy (non-hydrogen) atoms. The number of esters is 1. The van der Waals surface area contributed by atoms with E-state index in [2.05, 4.69) is 5.32 Å². The lowest BCUT2D eigenvalue weighted by molar-refractivity contribution is -0.122. The maximum Gasteiger partial charge on any atom is 0.338 e. The van der Waals surface area contributed by atoms with Crippen LogP contribution in [0.4, 0.5) is 11.4 Å². The lowest BCUT2D eigenvalue weighted by atomic mass is 10.1. The lowest BCUT2D eigenvalue weighted by Crippen LogP contribution is -2.35. The van der Waals surface area contributed by atoms with Crippen LogP contribution < -0.4 is 10.2 Å². The fourth-order valence-corrected chi connectivity index (χ4v) is 5.91. The molecule has 1 fully saturated rings. The first kappa shape index (κ1) is 27.3. The number of para-hydroxylation sites is 1. The molecule has 3 aromatic carbocycles. The van der Waals surface area contributed by atoms with E-state index in [4.69, 9.17) is 17.0 Å². The molecule has 3 aromatic rings. The number of ether oxygens (including phenoxy) is 1. The van der Waals surface area contributed by atoms with Crippen LogP contribution in [0.25, 0.3) is 5.57 Å². The Kier molecular flexibility index (Phi) is 8.09. The van der Waals surface area contributed by atoms with Gasteiger partial charge in [-0.15, -0.1) is 0 Å². The Labute approximate surface area is 241 Å². The van der Waals surface area contributed by atoms with E-state index in [1.54, 1.807) is 55.5 Å². The minimum absolute atomic E-state index is 0.252. The normalized spacial score (nSPS) is 16.4. The van der Waals surface area contributed by atoms with Crippen LogP contribution in [0.15, 0.2) is 83.8 Å². The number of carbonyl (C=O) groups is 4. The van der Waals surface area contributed by atoms with Gasteiger partial charge in [0, 0.05) is 17.8 Å². The molecular formula is C30H25N3O5S2. The molecule has 0 aliphatic carbocycles. The summed E-state index contributed by atoms with van der Waals surface area (Å²) in [6.45, 7) is 2.14. The second-order valence-corrected chi connectivity index (χ2v) is 10.7. The van der Waals surface area contributed by atoms with Crippen molar-refractivity contribution in [2.75, 3.05) is 29.9 Å². The Morgan fingerprint density at radius 3 is 2.33 bits per heavy atom. The molecule has 8 nitrogen and oxygen atoms in total. The van der Waals surface area contributed by atoms with Gasteiger partial charge in [-0.1, -0.05) is 72.5 Å². The first-order chi connectivity index (χ1) is 19.4. The van der Waals surface area contributed by atoms with E-state index in [0.717, 1.165) is 17.3 Å². The van der Waals surface area contributed by atoms with Gasteiger partial charge in [0.1, 0.15) is 10.9 Å². The number of hydrogen-bond donors (Lipinski definition) is 1. The molecule has 2 heterocycles. The second kappa shape index (κ2) is 11.8. The van der Waals surface area contributed by atoms with Gasteiger partial charge in [-0.25, -0.2) is 4.79 Å². The van der Waals surface area contributed by atoms with Gasteiger partial charge in [-0.2, -0.15) is 0 Å². The van der Waals surface area contributed by atoms with E-state index in [1.165, 1.54) is 9.80 Å². The maximum atomic E-state index is 13.7. The number of rotatable bonds is 8. The molecule has 0 spiro atoms. The number of carbonyl (C=O) groups excluding carboxylic acids is 4. The van der Waals surface area contributed by atoms with Gasteiger partial charge in [0.25, 0.3) is 11.8 Å². The monoisotopic (exact) mass is 571 g/mol. The first-order valence-electron chi connectivity index (χ1n) is 12.7. The van der Waals surface area contributed by atoms with E-state index in [9.17, 15) is 19.2 Å². The fourth-order valence-electron chi connectivity index (χ4n) is 4.53. The van der Waals surface area contributed by atoms with Crippen LogP contribution in [0.5, 0.6) is 0 Å². The van der Waals surface area contributed by atoms with E-state index < -0.39 is 17.8 Å². The predicted molar refractivity (Wildman–Crippen MR) is 159 cm³/mol. The van der Waals surface area contributed by atoms with Gasteiger partial charge < -0.3 is 10.1 Å². The van der Waals surface area contributed by atoms with Crippen molar-refractivity contribution in [3.05, 3.63) is 100 Å². The molecule has 5 rings (SSSR count). The van der Waals surface area contributed by atoms with Crippen molar-refractivity contribution < 1.29 is 23.9 Å². The number of nitrogens with one attached hydrogen (secondary N) is 1. The Balaban J connectivity index is 1.33. The first-order valence-corrected chi connectivity index (χ1v) is 13.9. The zero-order valence-electron chi connectivity index (χ0n) is 21.6. The van der Waals surface area contributed by atoms with Crippen molar-refractivity contribution in [2.45, 2.75) is 13.3 Å². The molecule has 0 bridgehead atoms. The number of hydrogen-bond acceptors (Lipinski definition) is 7. The minimum Gasteiger partial charge on any atom is -0.462 e. The van der Waals surface area contributed by atoms with E-state index in [-0.39, 0.29) is 29.5 Å². The van der Waals surface area contributed by atoms with E-state index in [1.807, 2.05) is 30.3 Å². The van der Waals surface area contributed by atoms with Gasteiger partial charge in [0.2, 0.25) is 5.91 Å². The van der Waals surface area contributed by atoms with Gasteiger partial charge in [0.05, 0.1) is 28.3 Å². The summed E-state index contributed by atoms with van der Waals surface area (Å²) in [5, 5.41) is 2.76. The molecule has 0 radical (unpaired) electrons. The molecule has 3 amide bonds. The molecular weight excluding hydrogens is 546 g/mol. The minimum atomic E-state index is -0.447. The van der Waals surface area contributed by atoms with Gasteiger partial charge in [-0.3, -0.25) is 24.2 Å². The van der Waals surface area contributed by atoms with Crippen LogP contribution in [-0.2, 0) is 25.5 Å². The van der Waals surface area contributed by atoms with Crippen LogP contribution in [0.2, 0.25) is 0 Å². The number of anilines is 2. The summed E-state index contributed by atoms with van der Waals surface area (Å²) in [5.41, 5.74) is 3.31. The number of thioether (sulfide) groups is 1. The largest absolute Gasteiger partial charge is 0.462 e. The Hall–Kier alpha value is -4.28. The van der Waals surface area contributed by atoms with Crippen LogP contribution in [0, 0.1) is 0 Å². The summed E-state index contributed by atoms with van der Waals surface area (Å²) < 4.78 is 5.38. The van der Waals surface area contributed by atoms with Gasteiger partial charge in [0.15, 0.2) is 0 Å². The quantitative estimate of drug-likeness (QED) is 0.239. The number of fused-ring (bicyclic) bond motifs is 1. The molecule has 2 aliphatic heterocycles. The lowest BCUT2D eigenvalue weighted by Gasteiger charge is -2.17. The third-order valence-corrected chi connectivity index (χ3v) is 7.90. The molecule has 1 saturated heterocycles. The zero-order chi connectivity index (χ0) is 28.2. The van der Waals surface area contributed by atoms with Crippen LogP contribution in [-0.4, -0.2) is 52.6 Å². The summed E-state index contributed by atoms with van der Waals surface area (Å²) in [5.74, 6) is -1.61. The predicted octanol–water partition coefficient (Wildman–Crippen LogP) is 4.66.